The molecule has 114 valence electrons. The number of carbonyl (C=O) groups is 1. The topological polar surface area (TPSA) is 44.4 Å². The van der Waals surface area contributed by atoms with Crippen LogP contribution in [-0.2, 0) is 4.79 Å². The van der Waals surface area contributed by atoms with Crippen LogP contribution in [0.1, 0.15) is 25.7 Å². The van der Waals surface area contributed by atoms with E-state index in [-0.39, 0.29) is 24.8 Å². The maximum atomic E-state index is 13.1. The Morgan fingerprint density at radius 3 is 2.81 bits per heavy atom. The van der Waals surface area contributed by atoms with Gasteiger partial charge in [0, 0.05) is 25.1 Å². The number of halogens is 3. The third-order valence-electron chi connectivity index (χ3n) is 3.97. The normalized spacial score (nSPS) is 27.6. The molecule has 1 fully saturated rings. The molecular formula is C14H16ClF2N3O. The van der Waals surface area contributed by atoms with Gasteiger partial charge in [0.05, 0.1) is 5.70 Å². The predicted molar refractivity (Wildman–Crippen MR) is 75.3 cm³/mol. The fourth-order valence-electron chi connectivity index (χ4n) is 2.79. The van der Waals surface area contributed by atoms with Crippen LogP contribution in [0.3, 0.4) is 0 Å². The first-order chi connectivity index (χ1) is 9.96. The fourth-order valence-corrected chi connectivity index (χ4v) is 3.05. The summed E-state index contributed by atoms with van der Waals surface area (Å²) in [7, 11) is 0. The summed E-state index contributed by atoms with van der Waals surface area (Å²) in [6.07, 6.45) is 6.84. The molecule has 7 heteroatoms. The molecule has 21 heavy (non-hydrogen) atoms. The first kappa shape index (κ1) is 14.4. The lowest BCUT2D eigenvalue weighted by Gasteiger charge is -2.31. The number of hydrogen-bond donors (Lipinski definition) is 2. The molecule has 0 bridgehead atoms. The summed E-state index contributed by atoms with van der Waals surface area (Å²) in [5, 5.41) is 6.15. The quantitative estimate of drug-likeness (QED) is 0.769. The highest BCUT2D eigenvalue weighted by Gasteiger charge is 2.38. The van der Waals surface area contributed by atoms with E-state index in [1.54, 1.807) is 11.1 Å². The van der Waals surface area contributed by atoms with Crippen LogP contribution in [0.4, 0.5) is 8.78 Å². The summed E-state index contributed by atoms with van der Waals surface area (Å²) < 4.78 is 26.2. The van der Waals surface area contributed by atoms with Gasteiger partial charge in [-0.25, -0.2) is 8.78 Å². The lowest BCUT2D eigenvalue weighted by Crippen LogP contribution is -2.52. The van der Waals surface area contributed by atoms with Crippen molar-refractivity contribution in [3.63, 3.8) is 0 Å². The van der Waals surface area contributed by atoms with Crippen LogP contribution in [0.5, 0.6) is 0 Å². The number of nitrogens with zero attached hydrogens (tertiary/aromatic N) is 1. The van der Waals surface area contributed by atoms with Gasteiger partial charge in [-0.2, -0.15) is 0 Å². The van der Waals surface area contributed by atoms with Gasteiger partial charge >= 0.3 is 0 Å². The van der Waals surface area contributed by atoms with Gasteiger partial charge in [0.2, 0.25) is 5.92 Å². The van der Waals surface area contributed by atoms with Crippen LogP contribution in [-0.4, -0.2) is 28.9 Å². The van der Waals surface area contributed by atoms with E-state index in [1.165, 1.54) is 0 Å². The minimum absolute atomic E-state index is 0.174. The molecule has 4 nitrogen and oxygen atoms in total. The van der Waals surface area contributed by atoms with Crippen LogP contribution >= 0.6 is 11.6 Å². The van der Waals surface area contributed by atoms with E-state index in [4.69, 9.17) is 11.6 Å². The van der Waals surface area contributed by atoms with Crippen molar-refractivity contribution < 1.29 is 13.6 Å². The number of fused-ring (bicyclic) bond motifs is 1. The van der Waals surface area contributed by atoms with E-state index < -0.39 is 12.1 Å². The number of allylic oxidation sites excluding steroid dienone is 3. The molecule has 0 saturated heterocycles. The molecule has 0 aromatic rings. The zero-order valence-electron chi connectivity index (χ0n) is 11.3. The van der Waals surface area contributed by atoms with Crippen LogP contribution in [0.25, 0.3) is 0 Å². The molecule has 1 unspecified atom stereocenters. The van der Waals surface area contributed by atoms with Gasteiger partial charge in [-0.1, -0.05) is 17.7 Å². The van der Waals surface area contributed by atoms with Crippen molar-refractivity contribution in [2.24, 2.45) is 0 Å². The number of nitrogens with one attached hydrogen (secondary N) is 2. The van der Waals surface area contributed by atoms with Crippen molar-refractivity contribution in [3.8, 4) is 0 Å². The Labute approximate surface area is 126 Å². The largest absolute Gasteiger partial charge is 0.350 e. The number of hydrogen-bond acceptors (Lipinski definition) is 3. The lowest BCUT2D eigenvalue weighted by atomic mass is 9.92. The molecule has 0 radical (unpaired) electrons. The number of rotatable bonds is 2. The summed E-state index contributed by atoms with van der Waals surface area (Å²) in [5.41, 5.74) is 0.731. The van der Waals surface area contributed by atoms with Gasteiger partial charge in [0.1, 0.15) is 5.16 Å². The van der Waals surface area contributed by atoms with Gasteiger partial charge in [-0.3, -0.25) is 4.79 Å². The van der Waals surface area contributed by atoms with Crippen molar-refractivity contribution >= 4 is 17.5 Å². The molecule has 3 aliphatic rings. The molecule has 2 heterocycles. The van der Waals surface area contributed by atoms with Crippen molar-refractivity contribution in [2.45, 2.75) is 43.8 Å². The Balaban J connectivity index is 1.60. The van der Waals surface area contributed by atoms with Crippen molar-refractivity contribution in [3.05, 3.63) is 35.3 Å². The third-order valence-corrected chi connectivity index (χ3v) is 4.27. The molecule has 2 aliphatic heterocycles. The highest BCUT2D eigenvalue weighted by Crippen LogP contribution is 2.33. The van der Waals surface area contributed by atoms with Crippen LogP contribution in [0.15, 0.2) is 35.3 Å². The minimum Gasteiger partial charge on any atom is -0.350 e. The summed E-state index contributed by atoms with van der Waals surface area (Å²) in [6, 6.07) is -0.203. The Hall–Kier alpha value is -1.56. The van der Waals surface area contributed by atoms with Crippen LogP contribution in [0, 0.1) is 0 Å². The zero-order chi connectivity index (χ0) is 15.0. The molecule has 0 spiro atoms. The highest BCUT2D eigenvalue weighted by molar-refractivity contribution is 6.30. The van der Waals surface area contributed by atoms with E-state index >= 15 is 0 Å². The molecule has 1 atom stereocenters. The van der Waals surface area contributed by atoms with Crippen LogP contribution < -0.4 is 10.6 Å². The Morgan fingerprint density at radius 2 is 2.10 bits per heavy atom. The number of amides is 1. The zero-order valence-corrected chi connectivity index (χ0v) is 12.0. The molecule has 1 aliphatic carbocycles. The molecule has 0 aromatic heterocycles. The second-order valence-corrected chi connectivity index (χ2v) is 5.87. The van der Waals surface area contributed by atoms with Crippen molar-refractivity contribution in [1.82, 2.24) is 15.5 Å². The van der Waals surface area contributed by atoms with Crippen molar-refractivity contribution in [2.75, 3.05) is 0 Å². The molecule has 1 amide bonds. The second-order valence-electron chi connectivity index (χ2n) is 5.49. The maximum absolute atomic E-state index is 13.1. The summed E-state index contributed by atoms with van der Waals surface area (Å²) in [5.74, 6) is -2.84. The fraction of sp³-hybridized carbons (Fsp3) is 0.500. The summed E-state index contributed by atoms with van der Waals surface area (Å²) in [4.78, 5) is 14.1. The van der Waals surface area contributed by atoms with Gasteiger partial charge in [0.25, 0.3) is 5.91 Å². The van der Waals surface area contributed by atoms with E-state index in [9.17, 15) is 13.6 Å². The van der Waals surface area contributed by atoms with Gasteiger partial charge < -0.3 is 15.5 Å². The highest BCUT2D eigenvalue weighted by atomic mass is 35.5. The van der Waals surface area contributed by atoms with Gasteiger partial charge in [-0.15, -0.1) is 0 Å². The minimum atomic E-state index is -2.59. The standard InChI is InChI=1S/C14H16ClF2N3O/c15-11-10-3-1-2-8-20(10)12(19-11)13(21)18-9-4-6-14(16,17)7-5-9/h1-3,8-9,12,19H,4-7H2,(H,18,21). The van der Waals surface area contributed by atoms with E-state index in [1.807, 2.05) is 18.2 Å². The molecule has 2 N–H and O–H groups in total. The Morgan fingerprint density at radius 1 is 1.38 bits per heavy atom. The Kier molecular flexibility index (Phi) is 3.65. The van der Waals surface area contributed by atoms with E-state index in [0.29, 0.717) is 18.0 Å². The second kappa shape index (κ2) is 5.33. The monoisotopic (exact) mass is 315 g/mol. The molecule has 0 aromatic carbocycles. The van der Waals surface area contributed by atoms with Crippen molar-refractivity contribution in [1.29, 1.82) is 0 Å². The van der Waals surface area contributed by atoms with Gasteiger partial charge in [-0.05, 0) is 25.0 Å². The molecular weight excluding hydrogens is 300 g/mol. The number of carbonyl (C=O) groups excluding carboxylic acids is 1. The first-order valence-corrected chi connectivity index (χ1v) is 7.32. The summed E-state index contributed by atoms with van der Waals surface area (Å²) >= 11 is 6.07. The average molecular weight is 316 g/mol. The maximum Gasteiger partial charge on any atom is 0.264 e. The number of alkyl halides is 2. The van der Waals surface area contributed by atoms with E-state index in [2.05, 4.69) is 10.6 Å². The molecule has 3 rings (SSSR count). The average Bonchev–Trinajstić information content (AvgIpc) is 2.79. The van der Waals surface area contributed by atoms with E-state index in [0.717, 1.165) is 5.70 Å². The lowest BCUT2D eigenvalue weighted by molar-refractivity contribution is -0.127. The van der Waals surface area contributed by atoms with Gasteiger partial charge in [0.15, 0.2) is 6.17 Å². The predicted octanol–water partition coefficient (Wildman–Crippen LogP) is 2.40. The SMILES string of the molecule is O=C(NC1CCC(F)(F)CC1)C1NC(Cl)=C2C=CC=CN21. The first-order valence-electron chi connectivity index (χ1n) is 6.94. The summed E-state index contributed by atoms with van der Waals surface area (Å²) in [6.45, 7) is 0. The van der Waals surface area contributed by atoms with Crippen LogP contribution in [0.2, 0.25) is 0 Å². The third kappa shape index (κ3) is 2.90. The Bertz CT molecular complexity index is 534. The molecule has 1 saturated carbocycles. The smallest absolute Gasteiger partial charge is 0.264 e.